The van der Waals surface area contributed by atoms with Crippen molar-refractivity contribution in [3.8, 4) is 6.07 Å². The second kappa shape index (κ2) is 11.3. The van der Waals surface area contributed by atoms with Crippen LogP contribution in [-0.4, -0.2) is 26.3 Å². The van der Waals surface area contributed by atoms with Crippen LogP contribution in [-0.2, 0) is 10.0 Å². The largest absolute Gasteiger partial charge is 0.403 e. The lowest BCUT2D eigenvalue weighted by Crippen LogP contribution is -2.44. The molecule has 1 aliphatic heterocycles. The number of nitriles is 1. The Morgan fingerprint density at radius 2 is 1.57 bits per heavy atom. The zero-order chi connectivity index (χ0) is 28.5. The molecule has 3 aromatic carbocycles. The molecule has 0 fully saturated rings. The van der Waals surface area contributed by atoms with Crippen LogP contribution < -0.4 is 4.90 Å². The number of hydrogen-bond donors (Lipinski definition) is 0. The molecule has 0 bridgehead atoms. The highest BCUT2D eigenvalue weighted by Gasteiger charge is 2.49. The van der Waals surface area contributed by atoms with Gasteiger partial charge in [0.2, 0.25) is 9.76 Å². The van der Waals surface area contributed by atoms with E-state index in [2.05, 4.69) is 85.3 Å². The van der Waals surface area contributed by atoms with E-state index in [1.54, 1.807) is 12.1 Å². The van der Waals surface area contributed by atoms with E-state index in [4.69, 9.17) is 32.6 Å². The number of aryl methyl sites for hydroxylation is 1. The molecule has 2 radical (unpaired) electrons. The highest BCUT2D eigenvalue weighted by Crippen LogP contribution is 2.54. The number of halogens is 2. The van der Waals surface area contributed by atoms with Crippen LogP contribution in [0.15, 0.2) is 78.9 Å². The Labute approximate surface area is 248 Å². The molecule has 5 rings (SSSR count). The molecule has 0 saturated carbocycles. The predicted octanol–water partition coefficient (Wildman–Crippen LogP) is 8.39. The Morgan fingerprint density at radius 3 is 2.12 bits per heavy atom. The quantitative estimate of drug-likeness (QED) is 0.168. The van der Waals surface area contributed by atoms with Crippen molar-refractivity contribution in [3.63, 3.8) is 0 Å². The minimum absolute atomic E-state index is 0.0536. The van der Waals surface area contributed by atoms with Crippen LogP contribution in [0.3, 0.4) is 0 Å². The van der Waals surface area contributed by atoms with Crippen molar-refractivity contribution in [2.75, 3.05) is 11.4 Å². The molecule has 2 heterocycles. The summed E-state index contributed by atoms with van der Waals surface area (Å²) in [6, 6.07) is 28.3. The molecule has 4 aromatic rings. The van der Waals surface area contributed by atoms with Gasteiger partial charge in [0.15, 0.2) is 0 Å². The Balaban J connectivity index is 1.77. The summed E-state index contributed by atoms with van der Waals surface area (Å²) in [6.45, 7) is 9.03. The summed E-state index contributed by atoms with van der Waals surface area (Å²) in [7, 11) is 0.214. The summed E-state index contributed by atoms with van der Waals surface area (Å²) in [5, 5.41) is 10.2. The smallest absolute Gasteiger partial charge is 0.237 e. The summed E-state index contributed by atoms with van der Waals surface area (Å²) < 4.78 is 7.18. The fourth-order valence-corrected chi connectivity index (χ4v) is 6.81. The van der Waals surface area contributed by atoms with E-state index >= 15 is 0 Å². The summed E-state index contributed by atoms with van der Waals surface area (Å²) in [5.41, 5.74) is 3.36. The molecule has 40 heavy (non-hydrogen) atoms. The van der Waals surface area contributed by atoms with Gasteiger partial charge in [0.05, 0.1) is 22.3 Å². The molecule has 8 heteroatoms. The minimum Gasteiger partial charge on any atom is -0.403 e. The van der Waals surface area contributed by atoms with E-state index < -0.39 is 5.60 Å². The van der Waals surface area contributed by atoms with Crippen molar-refractivity contribution in [2.45, 2.75) is 50.7 Å². The second-order valence-electron chi connectivity index (χ2n) is 11.0. The second-order valence-corrected chi connectivity index (χ2v) is 13.7. The lowest BCUT2D eigenvalue weighted by atomic mass is 9.70. The number of hydrogen-bond acceptors (Lipinski definition) is 5. The lowest BCUT2D eigenvalue weighted by molar-refractivity contribution is 0.0733. The number of rotatable bonds is 6. The highest BCUT2D eigenvalue weighted by atomic mass is 35.5. The average Bonchev–Trinajstić information content (AvgIpc) is 2.94. The summed E-state index contributed by atoms with van der Waals surface area (Å²) in [5.74, 6) is 1.09. The molecular weight excluding hydrogens is 555 g/mol. The van der Waals surface area contributed by atoms with E-state index in [1.165, 1.54) is 0 Å². The minimum atomic E-state index is -0.841. The van der Waals surface area contributed by atoms with Gasteiger partial charge in [-0.25, -0.2) is 9.97 Å². The van der Waals surface area contributed by atoms with Crippen molar-refractivity contribution in [2.24, 2.45) is 0 Å². The van der Waals surface area contributed by atoms with E-state index in [9.17, 15) is 5.26 Å². The summed E-state index contributed by atoms with van der Waals surface area (Å²) >= 11 is 13.8. The zero-order valence-corrected chi connectivity index (χ0v) is 25.5. The number of fused-ring (bicyclic) bond motifs is 1. The van der Waals surface area contributed by atoms with Crippen molar-refractivity contribution >= 4 is 44.5 Å². The predicted molar refractivity (Wildman–Crippen MR) is 163 cm³/mol. The molecule has 1 aromatic heterocycles. The van der Waals surface area contributed by atoms with Crippen LogP contribution >= 0.6 is 23.2 Å². The van der Waals surface area contributed by atoms with Gasteiger partial charge in [-0.2, -0.15) is 5.26 Å². The number of aromatic nitrogens is 2. The number of nitrogens with zero attached hydrogens (tertiary/aromatic N) is 4. The first-order chi connectivity index (χ1) is 19.1. The molecule has 0 aliphatic carbocycles. The fraction of sp³-hybridized carbons (Fsp3) is 0.281. The Bertz CT molecular complexity index is 1510. The van der Waals surface area contributed by atoms with E-state index in [0.717, 1.165) is 22.4 Å². The lowest BCUT2D eigenvalue weighted by Gasteiger charge is -2.47. The van der Waals surface area contributed by atoms with Crippen molar-refractivity contribution in [3.05, 3.63) is 117 Å². The van der Waals surface area contributed by atoms with Crippen LogP contribution in [0.5, 0.6) is 0 Å². The zero-order valence-electron chi connectivity index (χ0n) is 23.0. The topological polar surface area (TPSA) is 62.0 Å². The molecule has 202 valence electrons. The third-order valence-electron chi connectivity index (χ3n) is 7.02. The molecule has 1 atom stereocenters. The fourth-order valence-electron chi connectivity index (χ4n) is 5.35. The van der Waals surface area contributed by atoms with Crippen LogP contribution in [0.2, 0.25) is 15.2 Å². The molecule has 0 N–H and O–H groups in total. The van der Waals surface area contributed by atoms with Crippen LogP contribution in [0, 0.1) is 18.3 Å². The van der Waals surface area contributed by atoms with Gasteiger partial charge in [0.25, 0.3) is 0 Å². The number of benzene rings is 3. The highest BCUT2D eigenvalue weighted by molar-refractivity contribution is 6.34. The van der Waals surface area contributed by atoms with E-state index in [-0.39, 0.29) is 20.7 Å². The molecule has 0 amide bonds. The maximum atomic E-state index is 9.37. The Hall–Kier alpha value is -3.21. The first-order valence-corrected chi connectivity index (χ1v) is 14.9. The van der Waals surface area contributed by atoms with Gasteiger partial charge in [0, 0.05) is 18.0 Å². The maximum absolute atomic E-state index is 9.37. The van der Waals surface area contributed by atoms with Crippen LogP contribution in [0.4, 0.5) is 11.5 Å². The first-order valence-electron chi connectivity index (χ1n) is 13.2. The van der Waals surface area contributed by atoms with Crippen molar-refractivity contribution in [1.82, 2.24) is 9.97 Å². The maximum Gasteiger partial charge on any atom is 0.237 e. The van der Waals surface area contributed by atoms with Gasteiger partial charge < -0.3 is 9.33 Å². The van der Waals surface area contributed by atoms with Crippen molar-refractivity contribution < 1.29 is 4.43 Å². The molecule has 0 saturated heterocycles. The van der Waals surface area contributed by atoms with Gasteiger partial charge in [-0.3, -0.25) is 0 Å². The van der Waals surface area contributed by atoms with Gasteiger partial charge >= 0.3 is 0 Å². The van der Waals surface area contributed by atoms with Gasteiger partial charge in [0.1, 0.15) is 22.4 Å². The molecule has 5 nitrogen and oxygen atoms in total. The van der Waals surface area contributed by atoms with Crippen LogP contribution in [0.25, 0.3) is 0 Å². The van der Waals surface area contributed by atoms with E-state index in [0.29, 0.717) is 40.3 Å². The standard InChI is InChI=1S/C32H30Cl2N4OSi/c1-21-36-29(34)28-25(17-18-38(30(28)37-21)27-16-15-22(20-35)19-26(27)33)32(39-40-31(2,3)4,23-11-7-5-8-12-23)24-13-9-6-10-14-24/h5-16,19,25H,17-18H2,1-4H3. The summed E-state index contributed by atoms with van der Waals surface area (Å²) in [4.78, 5) is 11.6. The monoisotopic (exact) mass is 584 g/mol. The number of anilines is 2. The Kier molecular flexibility index (Phi) is 8.03. The molecule has 1 aliphatic rings. The van der Waals surface area contributed by atoms with Crippen molar-refractivity contribution in [1.29, 1.82) is 5.26 Å². The summed E-state index contributed by atoms with van der Waals surface area (Å²) in [6.07, 6.45) is 0.702. The average molecular weight is 586 g/mol. The van der Waals surface area contributed by atoms with E-state index in [1.807, 2.05) is 25.1 Å². The normalized spacial score (nSPS) is 15.4. The third-order valence-corrected chi connectivity index (χ3v) is 8.65. The van der Waals surface area contributed by atoms with Gasteiger partial charge in [-0.05, 0) is 47.7 Å². The third kappa shape index (κ3) is 5.40. The first kappa shape index (κ1) is 28.3. The Morgan fingerprint density at radius 1 is 0.950 bits per heavy atom. The molecule has 0 spiro atoms. The molecular formula is C32H30Cl2N4OSi. The van der Waals surface area contributed by atoms with Gasteiger partial charge in [-0.15, -0.1) is 0 Å². The van der Waals surface area contributed by atoms with Gasteiger partial charge in [-0.1, -0.05) is 105 Å². The van der Waals surface area contributed by atoms with Crippen LogP contribution in [0.1, 0.15) is 61.2 Å². The SMILES string of the molecule is Cc1nc(Cl)c2c(n1)N(c1ccc(C#N)cc1Cl)CCC2C(O[Si]C(C)(C)C)(c1ccccc1)c1ccccc1. The molecule has 1 unspecified atom stereocenters.